The van der Waals surface area contributed by atoms with Crippen molar-refractivity contribution in [1.82, 2.24) is 4.98 Å². The van der Waals surface area contributed by atoms with E-state index in [1.807, 2.05) is 0 Å². The molecule has 1 saturated heterocycles. The lowest BCUT2D eigenvalue weighted by atomic mass is 10.2. The van der Waals surface area contributed by atoms with E-state index < -0.39 is 0 Å². The Morgan fingerprint density at radius 2 is 2.44 bits per heavy atom. The van der Waals surface area contributed by atoms with Gasteiger partial charge in [-0.25, -0.2) is 4.98 Å². The Bertz CT molecular complexity index is 408. The first-order valence-corrected chi connectivity index (χ1v) is 6.18. The van der Waals surface area contributed by atoms with Crippen molar-refractivity contribution in [2.45, 2.75) is 25.5 Å². The fourth-order valence-electron chi connectivity index (χ4n) is 2.05. The summed E-state index contributed by atoms with van der Waals surface area (Å²) < 4.78 is 5.36. The van der Waals surface area contributed by atoms with Crippen LogP contribution < -0.4 is 10.6 Å². The summed E-state index contributed by atoms with van der Waals surface area (Å²) in [5.74, 6) is 0.0829. The van der Waals surface area contributed by atoms with Gasteiger partial charge in [-0.2, -0.15) is 0 Å². The summed E-state index contributed by atoms with van der Waals surface area (Å²) in [5, 5.41) is 0.786. The van der Waals surface area contributed by atoms with Gasteiger partial charge in [0.15, 0.2) is 5.13 Å². The minimum atomic E-state index is -0.0512. The molecule has 1 unspecified atom stereocenters. The molecule has 0 spiro atoms. The number of hydrogen-bond acceptors (Lipinski definition) is 5. The first-order valence-electron chi connectivity index (χ1n) is 5.36. The number of carbonyl (C=O) groups excluding carboxylic acids is 1. The molecule has 3 rings (SSSR count). The van der Waals surface area contributed by atoms with E-state index in [0.717, 1.165) is 28.7 Å². The molecule has 1 fully saturated rings. The standard InChI is InChI=1S/C10H13N3O2S/c11-6-3-9(14)13(4-6)10-12-7-1-2-15-5-8(7)16-10/h6H,1-5,11H2. The molecule has 0 aromatic carbocycles. The molecule has 1 atom stereocenters. The van der Waals surface area contributed by atoms with E-state index in [2.05, 4.69) is 4.98 Å². The van der Waals surface area contributed by atoms with Gasteiger partial charge in [0.05, 0.1) is 23.8 Å². The zero-order valence-electron chi connectivity index (χ0n) is 8.81. The molecule has 5 nitrogen and oxygen atoms in total. The molecule has 2 N–H and O–H groups in total. The van der Waals surface area contributed by atoms with E-state index in [1.54, 1.807) is 16.2 Å². The van der Waals surface area contributed by atoms with E-state index in [9.17, 15) is 4.79 Å². The maximum atomic E-state index is 11.7. The van der Waals surface area contributed by atoms with Crippen molar-refractivity contribution in [1.29, 1.82) is 0 Å². The second-order valence-electron chi connectivity index (χ2n) is 4.14. The van der Waals surface area contributed by atoms with Crippen molar-refractivity contribution < 1.29 is 9.53 Å². The van der Waals surface area contributed by atoms with Gasteiger partial charge in [-0.3, -0.25) is 9.69 Å². The number of aromatic nitrogens is 1. The van der Waals surface area contributed by atoms with Gasteiger partial charge in [-0.1, -0.05) is 11.3 Å². The number of nitrogens with two attached hydrogens (primary N) is 1. The Morgan fingerprint density at radius 3 is 3.12 bits per heavy atom. The first kappa shape index (κ1) is 10.2. The highest BCUT2D eigenvalue weighted by molar-refractivity contribution is 7.15. The molecule has 0 aliphatic carbocycles. The van der Waals surface area contributed by atoms with Crippen molar-refractivity contribution >= 4 is 22.4 Å². The Hall–Kier alpha value is -0.980. The van der Waals surface area contributed by atoms with Gasteiger partial charge >= 0.3 is 0 Å². The van der Waals surface area contributed by atoms with Gasteiger partial charge in [0.25, 0.3) is 0 Å². The molecule has 3 heterocycles. The molecule has 1 aromatic heterocycles. The number of nitrogens with zero attached hydrogens (tertiary/aromatic N) is 2. The van der Waals surface area contributed by atoms with Crippen LogP contribution in [-0.2, 0) is 22.6 Å². The number of hydrogen-bond donors (Lipinski definition) is 1. The normalized spacial score (nSPS) is 24.9. The van der Waals surface area contributed by atoms with Crippen LogP contribution in [0, 0.1) is 0 Å². The maximum Gasteiger partial charge on any atom is 0.230 e. The summed E-state index contributed by atoms with van der Waals surface area (Å²) in [4.78, 5) is 19.0. The maximum absolute atomic E-state index is 11.7. The molecule has 0 saturated carbocycles. The van der Waals surface area contributed by atoms with Crippen LogP contribution in [0.15, 0.2) is 0 Å². The van der Waals surface area contributed by atoms with Crippen LogP contribution in [0.5, 0.6) is 0 Å². The molecule has 0 radical (unpaired) electrons. The molecule has 2 aliphatic heterocycles. The van der Waals surface area contributed by atoms with Crippen LogP contribution in [0.2, 0.25) is 0 Å². The van der Waals surface area contributed by atoms with Gasteiger partial charge in [-0.05, 0) is 0 Å². The molecule has 1 aromatic rings. The van der Waals surface area contributed by atoms with E-state index in [1.165, 1.54) is 0 Å². The lowest BCUT2D eigenvalue weighted by Crippen LogP contribution is -2.27. The van der Waals surface area contributed by atoms with Gasteiger partial charge in [0.2, 0.25) is 5.91 Å². The number of rotatable bonds is 1. The average Bonchev–Trinajstić information content (AvgIpc) is 2.81. The van der Waals surface area contributed by atoms with E-state index in [0.29, 0.717) is 19.6 Å². The number of amides is 1. The number of carbonyl (C=O) groups is 1. The summed E-state index contributed by atoms with van der Waals surface area (Å²) in [6.07, 6.45) is 1.28. The van der Waals surface area contributed by atoms with Gasteiger partial charge < -0.3 is 10.5 Å². The molecular formula is C10H13N3O2S. The van der Waals surface area contributed by atoms with Crippen molar-refractivity contribution in [3.05, 3.63) is 10.6 Å². The molecule has 6 heteroatoms. The molecule has 86 valence electrons. The van der Waals surface area contributed by atoms with Crippen LogP contribution in [0.1, 0.15) is 17.0 Å². The van der Waals surface area contributed by atoms with Crippen molar-refractivity contribution in [3.8, 4) is 0 Å². The fourth-order valence-corrected chi connectivity index (χ4v) is 3.12. The summed E-state index contributed by atoms with van der Waals surface area (Å²) in [6, 6.07) is -0.0512. The second kappa shape index (κ2) is 3.80. The van der Waals surface area contributed by atoms with Crippen molar-refractivity contribution in [2.75, 3.05) is 18.1 Å². The minimum absolute atomic E-state index is 0.0512. The van der Waals surface area contributed by atoms with Gasteiger partial charge in [-0.15, -0.1) is 0 Å². The van der Waals surface area contributed by atoms with Gasteiger partial charge in [0.1, 0.15) is 0 Å². The smallest absolute Gasteiger partial charge is 0.230 e. The monoisotopic (exact) mass is 239 g/mol. The second-order valence-corrected chi connectivity index (χ2v) is 5.20. The highest BCUT2D eigenvalue weighted by atomic mass is 32.1. The largest absolute Gasteiger partial charge is 0.375 e. The van der Waals surface area contributed by atoms with Crippen LogP contribution in [0.3, 0.4) is 0 Å². The minimum Gasteiger partial charge on any atom is -0.375 e. The third-order valence-electron chi connectivity index (χ3n) is 2.87. The van der Waals surface area contributed by atoms with E-state index in [-0.39, 0.29) is 11.9 Å². The Labute approximate surface area is 97.2 Å². The first-order chi connectivity index (χ1) is 7.74. The summed E-state index contributed by atoms with van der Waals surface area (Å²) in [6.45, 7) is 1.94. The van der Waals surface area contributed by atoms with Crippen molar-refractivity contribution in [3.63, 3.8) is 0 Å². The summed E-state index contributed by atoms with van der Waals surface area (Å²) >= 11 is 1.55. The van der Waals surface area contributed by atoms with Crippen LogP contribution >= 0.6 is 11.3 Å². The quantitative estimate of drug-likeness (QED) is 0.764. The highest BCUT2D eigenvalue weighted by Crippen LogP contribution is 2.31. The molecular weight excluding hydrogens is 226 g/mol. The highest BCUT2D eigenvalue weighted by Gasteiger charge is 2.31. The SMILES string of the molecule is NC1CC(=O)N(c2nc3c(s2)COCC3)C1. The predicted molar refractivity (Wildman–Crippen MR) is 60.4 cm³/mol. The number of fused-ring (bicyclic) bond motifs is 1. The zero-order valence-corrected chi connectivity index (χ0v) is 9.63. The summed E-state index contributed by atoms with van der Waals surface area (Å²) in [5.41, 5.74) is 6.85. The van der Waals surface area contributed by atoms with Crippen molar-refractivity contribution in [2.24, 2.45) is 5.73 Å². The molecule has 0 bridgehead atoms. The summed E-state index contributed by atoms with van der Waals surface area (Å²) in [7, 11) is 0. The predicted octanol–water partition coefficient (Wildman–Crippen LogP) is 0.280. The lowest BCUT2D eigenvalue weighted by molar-refractivity contribution is -0.117. The fraction of sp³-hybridized carbons (Fsp3) is 0.600. The van der Waals surface area contributed by atoms with Gasteiger partial charge in [0, 0.05) is 25.4 Å². The molecule has 2 aliphatic rings. The molecule has 1 amide bonds. The zero-order chi connectivity index (χ0) is 11.1. The Balaban J connectivity index is 1.89. The van der Waals surface area contributed by atoms with E-state index in [4.69, 9.17) is 10.5 Å². The average molecular weight is 239 g/mol. The third-order valence-corrected chi connectivity index (χ3v) is 3.96. The van der Waals surface area contributed by atoms with Crippen LogP contribution in [0.4, 0.5) is 5.13 Å². The lowest BCUT2D eigenvalue weighted by Gasteiger charge is -2.10. The van der Waals surface area contributed by atoms with E-state index >= 15 is 0 Å². The molecule has 16 heavy (non-hydrogen) atoms. The Kier molecular flexibility index (Phi) is 2.42. The number of ether oxygens (including phenoxy) is 1. The van der Waals surface area contributed by atoms with Crippen LogP contribution in [0.25, 0.3) is 0 Å². The Morgan fingerprint density at radius 1 is 1.56 bits per heavy atom. The topological polar surface area (TPSA) is 68.5 Å². The third kappa shape index (κ3) is 1.63. The van der Waals surface area contributed by atoms with Crippen LogP contribution in [-0.4, -0.2) is 30.1 Å². The number of anilines is 1. The number of thiazole rings is 1.